The molecule has 0 radical (unpaired) electrons. The normalized spacial score (nSPS) is 21.1. The van der Waals surface area contributed by atoms with Gasteiger partial charge in [-0.1, -0.05) is 30.3 Å². The zero-order chi connectivity index (χ0) is 19.5. The van der Waals surface area contributed by atoms with Crippen LogP contribution in [0, 0.1) is 0 Å². The van der Waals surface area contributed by atoms with Crippen molar-refractivity contribution in [2.75, 3.05) is 19.6 Å². The second kappa shape index (κ2) is 8.31. The maximum atomic E-state index is 12.5. The topological polar surface area (TPSA) is 72.2 Å². The number of amides is 1. The molecule has 2 aromatic rings. The third-order valence-electron chi connectivity index (χ3n) is 6.09. The number of nitrogens with zero attached hydrogens (tertiary/aromatic N) is 4. The van der Waals surface area contributed by atoms with Crippen LogP contribution < -0.4 is 11.0 Å². The number of hydrogen-bond acceptors (Lipinski definition) is 4. The quantitative estimate of drug-likeness (QED) is 0.863. The molecule has 0 aliphatic carbocycles. The molecule has 2 aliphatic heterocycles. The Hall–Kier alpha value is -2.41. The first kappa shape index (κ1) is 18.9. The van der Waals surface area contributed by atoms with Crippen LogP contribution in [0.5, 0.6) is 0 Å². The van der Waals surface area contributed by atoms with E-state index in [-0.39, 0.29) is 17.6 Å². The number of carbonyl (C=O) groups is 1. The monoisotopic (exact) mass is 383 g/mol. The predicted molar refractivity (Wildman–Crippen MR) is 107 cm³/mol. The summed E-state index contributed by atoms with van der Waals surface area (Å²) in [5.41, 5.74) is 1.34. The van der Waals surface area contributed by atoms with Crippen molar-refractivity contribution in [2.24, 2.45) is 7.05 Å². The van der Waals surface area contributed by atoms with Gasteiger partial charge in [0.25, 0.3) is 0 Å². The van der Waals surface area contributed by atoms with Crippen LogP contribution in [0.25, 0.3) is 0 Å². The lowest BCUT2D eigenvalue weighted by atomic mass is 9.89. The van der Waals surface area contributed by atoms with Crippen molar-refractivity contribution in [3.8, 4) is 0 Å². The zero-order valence-electron chi connectivity index (χ0n) is 16.5. The van der Waals surface area contributed by atoms with Gasteiger partial charge in [-0.2, -0.15) is 5.10 Å². The van der Waals surface area contributed by atoms with Gasteiger partial charge in [-0.05, 0) is 50.3 Å². The molecule has 150 valence electrons. The summed E-state index contributed by atoms with van der Waals surface area (Å²) in [5.74, 6) is 1.52. The number of aryl methyl sites for hydroxylation is 2. The first-order valence-electron chi connectivity index (χ1n) is 10.3. The van der Waals surface area contributed by atoms with Crippen LogP contribution >= 0.6 is 0 Å². The highest BCUT2D eigenvalue weighted by molar-refractivity contribution is 5.78. The molecular formula is C21H29N5O2. The van der Waals surface area contributed by atoms with Crippen molar-refractivity contribution in [2.45, 2.75) is 50.6 Å². The molecule has 1 amide bonds. The molecule has 1 aromatic heterocycles. The lowest BCUT2D eigenvalue weighted by molar-refractivity contribution is -0.123. The number of aromatic nitrogens is 3. The van der Waals surface area contributed by atoms with Crippen molar-refractivity contribution in [1.82, 2.24) is 24.6 Å². The Bertz CT molecular complexity index is 865. The molecule has 7 heteroatoms. The second-order valence-electron chi connectivity index (χ2n) is 8.03. The second-order valence-corrected chi connectivity index (χ2v) is 8.03. The molecule has 1 fully saturated rings. The van der Waals surface area contributed by atoms with Gasteiger partial charge in [0.15, 0.2) is 0 Å². The SMILES string of the molecule is Cn1nc2n(c1=O)CCC(NC(=O)CN1CCC(c3ccccc3)CC1)CC2. The standard InChI is InChI=1S/C21H29N5O2/c1-24-21(28)26-14-11-18(7-8-19(26)23-24)22-20(27)15-25-12-9-17(10-13-25)16-5-3-2-4-6-16/h2-6,17-18H,7-15H2,1H3,(H,22,27). The van der Waals surface area contributed by atoms with Gasteiger partial charge in [0.05, 0.1) is 6.54 Å². The van der Waals surface area contributed by atoms with Crippen LogP contribution in [0.1, 0.15) is 43.0 Å². The molecule has 3 heterocycles. The van der Waals surface area contributed by atoms with E-state index in [9.17, 15) is 9.59 Å². The highest BCUT2D eigenvalue weighted by atomic mass is 16.2. The first-order chi connectivity index (χ1) is 13.6. The van der Waals surface area contributed by atoms with Crippen molar-refractivity contribution < 1.29 is 4.79 Å². The van der Waals surface area contributed by atoms with E-state index < -0.39 is 0 Å². The summed E-state index contributed by atoms with van der Waals surface area (Å²) in [7, 11) is 1.68. The van der Waals surface area contributed by atoms with Crippen molar-refractivity contribution in [3.63, 3.8) is 0 Å². The summed E-state index contributed by atoms with van der Waals surface area (Å²) in [6, 6.07) is 10.8. The minimum Gasteiger partial charge on any atom is -0.352 e. The number of benzene rings is 1. The molecule has 28 heavy (non-hydrogen) atoms. The van der Waals surface area contributed by atoms with Gasteiger partial charge >= 0.3 is 5.69 Å². The van der Waals surface area contributed by atoms with Gasteiger partial charge in [0.1, 0.15) is 5.82 Å². The van der Waals surface area contributed by atoms with Crippen LogP contribution in [0.4, 0.5) is 0 Å². The summed E-state index contributed by atoms with van der Waals surface area (Å²) >= 11 is 0. The zero-order valence-corrected chi connectivity index (χ0v) is 16.5. The Labute approximate surface area is 165 Å². The lowest BCUT2D eigenvalue weighted by Crippen LogP contribution is -2.44. The Kier molecular flexibility index (Phi) is 5.62. The van der Waals surface area contributed by atoms with Crippen molar-refractivity contribution in [3.05, 3.63) is 52.2 Å². The average Bonchev–Trinajstić information content (AvgIpc) is 2.86. The van der Waals surface area contributed by atoms with Gasteiger partial charge < -0.3 is 5.32 Å². The van der Waals surface area contributed by atoms with Crippen LogP contribution in [0.3, 0.4) is 0 Å². The van der Waals surface area contributed by atoms with Gasteiger partial charge in [-0.3, -0.25) is 14.3 Å². The highest BCUT2D eigenvalue weighted by Gasteiger charge is 2.24. The Morgan fingerprint density at radius 2 is 1.86 bits per heavy atom. The molecule has 1 atom stereocenters. The number of hydrogen-bond donors (Lipinski definition) is 1. The molecule has 7 nitrogen and oxygen atoms in total. The molecule has 1 saturated heterocycles. The van der Waals surface area contributed by atoms with E-state index in [4.69, 9.17) is 0 Å². The van der Waals surface area contributed by atoms with E-state index in [1.165, 1.54) is 10.2 Å². The van der Waals surface area contributed by atoms with E-state index in [0.29, 0.717) is 19.0 Å². The molecule has 0 saturated carbocycles. The van der Waals surface area contributed by atoms with Gasteiger partial charge in [0.2, 0.25) is 5.91 Å². The summed E-state index contributed by atoms with van der Waals surface area (Å²) < 4.78 is 3.13. The van der Waals surface area contributed by atoms with Crippen molar-refractivity contribution >= 4 is 5.91 Å². The molecule has 1 unspecified atom stereocenters. The van der Waals surface area contributed by atoms with Crippen molar-refractivity contribution in [1.29, 1.82) is 0 Å². The molecule has 4 rings (SSSR count). The minimum absolute atomic E-state index is 0.0664. The largest absolute Gasteiger partial charge is 0.352 e. The van der Waals surface area contributed by atoms with Gasteiger partial charge in [0, 0.05) is 26.1 Å². The maximum Gasteiger partial charge on any atom is 0.345 e. The third-order valence-corrected chi connectivity index (χ3v) is 6.09. The molecule has 1 N–H and O–H groups in total. The van der Waals surface area contributed by atoms with Crippen LogP contribution in [0.15, 0.2) is 35.1 Å². The Morgan fingerprint density at radius 3 is 2.61 bits per heavy atom. The Morgan fingerprint density at radius 1 is 1.11 bits per heavy atom. The average molecular weight is 383 g/mol. The number of likely N-dealkylation sites (tertiary alicyclic amines) is 1. The molecule has 0 bridgehead atoms. The van der Waals surface area contributed by atoms with E-state index in [2.05, 4.69) is 45.6 Å². The third kappa shape index (κ3) is 4.19. The first-order valence-corrected chi connectivity index (χ1v) is 10.3. The van der Waals surface area contributed by atoms with Crippen LogP contribution in [-0.2, 0) is 24.8 Å². The smallest absolute Gasteiger partial charge is 0.345 e. The maximum absolute atomic E-state index is 12.5. The van der Waals surface area contributed by atoms with E-state index in [0.717, 1.165) is 51.0 Å². The summed E-state index contributed by atoms with van der Waals surface area (Å²) in [6.07, 6.45) is 4.54. The van der Waals surface area contributed by atoms with E-state index in [1.54, 1.807) is 11.6 Å². The van der Waals surface area contributed by atoms with Crippen LogP contribution in [0.2, 0.25) is 0 Å². The van der Waals surface area contributed by atoms with E-state index in [1.807, 2.05) is 0 Å². The fourth-order valence-corrected chi connectivity index (χ4v) is 4.47. The molecular weight excluding hydrogens is 354 g/mol. The van der Waals surface area contributed by atoms with E-state index >= 15 is 0 Å². The predicted octanol–water partition coefficient (Wildman–Crippen LogP) is 1.28. The summed E-state index contributed by atoms with van der Waals surface area (Å²) in [4.78, 5) is 26.8. The number of rotatable bonds is 4. The fraction of sp³-hybridized carbons (Fsp3) is 0.571. The number of piperidine rings is 1. The van der Waals surface area contributed by atoms with Crippen LogP contribution in [-0.4, -0.2) is 50.8 Å². The van der Waals surface area contributed by atoms with Gasteiger partial charge in [-0.25, -0.2) is 9.48 Å². The number of fused-ring (bicyclic) bond motifs is 1. The summed E-state index contributed by atoms with van der Waals surface area (Å²) in [5, 5.41) is 7.47. The number of carbonyl (C=O) groups excluding carboxylic acids is 1. The Balaban J connectivity index is 1.24. The fourth-order valence-electron chi connectivity index (χ4n) is 4.47. The minimum atomic E-state index is -0.0664. The lowest BCUT2D eigenvalue weighted by Gasteiger charge is -2.32. The van der Waals surface area contributed by atoms with Gasteiger partial charge in [-0.15, -0.1) is 0 Å². The summed E-state index contributed by atoms with van der Waals surface area (Å²) in [6.45, 7) is 3.01. The number of nitrogens with one attached hydrogen (secondary N) is 1. The highest BCUT2D eigenvalue weighted by Crippen LogP contribution is 2.27. The molecule has 0 spiro atoms. The molecule has 2 aliphatic rings. The molecule has 1 aromatic carbocycles.